The Morgan fingerprint density at radius 3 is 2.40 bits per heavy atom. The molecule has 6 nitrogen and oxygen atoms in total. The molecule has 1 heterocycles. The van der Waals surface area contributed by atoms with E-state index in [0.717, 1.165) is 17.0 Å². The summed E-state index contributed by atoms with van der Waals surface area (Å²) in [7, 11) is 1.84. The predicted octanol–water partition coefficient (Wildman–Crippen LogP) is 2.44. The molecule has 0 spiro atoms. The van der Waals surface area contributed by atoms with E-state index in [0.29, 0.717) is 12.1 Å². The molecule has 0 aliphatic heterocycles. The van der Waals surface area contributed by atoms with Crippen molar-refractivity contribution in [2.45, 2.75) is 39.2 Å². The number of halogens is 1. The van der Waals surface area contributed by atoms with Gasteiger partial charge < -0.3 is 10.4 Å². The number of carbonyl (C=O) groups excluding carboxylic acids is 1. The van der Waals surface area contributed by atoms with Crippen molar-refractivity contribution >= 4 is 11.9 Å². The first-order valence-corrected chi connectivity index (χ1v) is 8.01. The highest BCUT2D eigenvalue weighted by molar-refractivity contribution is 5.78. The largest absolute Gasteiger partial charge is 0.481 e. The third-order valence-electron chi connectivity index (χ3n) is 4.32. The summed E-state index contributed by atoms with van der Waals surface area (Å²) in [5, 5.41) is 16.2. The maximum atomic E-state index is 13.1. The van der Waals surface area contributed by atoms with Crippen LogP contribution in [0.3, 0.4) is 0 Å². The molecule has 2 aromatic rings. The van der Waals surface area contributed by atoms with Gasteiger partial charge in [0, 0.05) is 37.2 Å². The Kier molecular flexibility index (Phi) is 5.90. The fourth-order valence-corrected chi connectivity index (χ4v) is 2.81. The lowest BCUT2D eigenvalue weighted by molar-refractivity contribution is -0.137. The molecule has 25 heavy (non-hydrogen) atoms. The molecular weight excluding hydrogens is 325 g/mol. The van der Waals surface area contributed by atoms with Gasteiger partial charge in [0.15, 0.2) is 0 Å². The van der Waals surface area contributed by atoms with Crippen molar-refractivity contribution in [1.82, 2.24) is 15.1 Å². The van der Waals surface area contributed by atoms with Crippen LogP contribution in [-0.2, 0) is 23.2 Å². The minimum absolute atomic E-state index is 0.0241. The van der Waals surface area contributed by atoms with Crippen molar-refractivity contribution in [3.05, 3.63) is 52.6 Å². The lowest BCUT2D eigenvalue weighted by Gasteiger charge is -2.15. The van der Waals surface area contributed by atoms with Gasteiger partial charge in [-0.15, -0.1) is 0 Å². The van der Waals surface area contributed by atoms with E-state index in [4.69, 9.17) is 5.11 Å². The molecule has 0 aliphatic rings. The second-order valence-electron chi connectivity index (χ2n) is 6.10. The van der Waals surface area contributed by atoms with Gasteiger partial charge in [0.25, 0.3) is 0 Å². The summed E-state index contributed by atoms with van der Waals surface area (Å²) in [5.41, 5.74) is 3.40. The van der Waals surface area contributed by atoms with Gasteiger partial charge in [-0.3, -0.25) is 14.3 Å². The maximum Gasteiger partial charge on any atom is 0.303 e. The van der Waals surface area contributed by atoms with Crippen molar-refractivity contribution < 1.29 is 19.1 Å². The van der Waals surface area contributed by atoms with Crippen LogP contribution in [-0.4, -0.2) is 26.8 Å². The first-order chi connectivity index (χ1) is 11.8. The van der Waals surface area contributed by atoms with Crippen LogP contribution >= 0.6 is 0 Å². The van der Waals surface area contributed by atoms with Crippen LogP contribution in [0.4, 0.5) is 4.39 Å². The molecule has 2 N–H and O–H groups in total. The highest BCUT2D eigenvalue weighted by atomic mass is 19.1. The monoisotopic (exact) mass is 347 g/mol. The number of carboxylic acids is 1. The van der Waals surface area contributed by atoms with Gasteiger partial charge in [-0.2, -0.15) is 5.10 Å². The number of amides is 1. The number of aromatic nitrogens is 2. The summed E-state index contributed by atoms with van der Waals surface area (Å²) in [5.74, 6) is -2.15. The van der Waals surface area contributed by atoms with E-state index in [1.165, 1.54) is 24.3 Å². The average Bonchev–Trinajstić information content (AvgIpc) is 2.78. The molecule has 0 saturated carbocycles. The topological polar surface area (TPSA) is 84.2 Å². The van der Waals surface area contributed by atoms with E-state index in [2.05, 4.69) is 10.4 Å². The van der Waals surface area contributed by atoms with Crippen LogP contribution < -0.4 is 5.32 Å². The van der Waals surface area contributed by atoms with Crippen molar-refractivity contribution in [3.63, 3.8) is 0 Å². The average molecular weight is 347 g/mol. The van der Waals surface area contributed by atoms with Crippen LogP contribution in [0.25, 0.3) is 0 Å². The number of carbonyl (C=O) groups is 2. The van der Waals surface area contributed by atoms with Gasteiger partial charge in [-0.1, -0.05) is 12.1 Å². The number of benzene rings is 1. The number of aliphatic carboxylic acids is 1. The molecule has 0 fully saturated rings. The van der Waals surface area contributed by atoms with Crippen molar-refractivity contribution in [3.8, 4) is 0 Å². The molecule has 7 heteroatoms. The first kappa shape index (κ1) is 18.6. The molecule has 0 aliphatic carbocycles. The Morgan fingerprint density at radius 2 is 1.88 bits per heavy atom. The molecule has 1 amide bonds. The van der Waals surface area contributed by atoms with Crippen molar-refractivity contribution in [1.29, 1.82) is 0 Å². The molecule has 2 rings (SSSR count). The molecule has 0 bridgehead atoms. The van der Waals surface area contributed by atoms with Gasteiger partial charge in [0.05, 0.1) is 12.1 Å². The van der Waals surface area contributed by atoms with E-state index >= 15 is 0 Å². The second-order valence-corrected chi connectivity index (χ2v) is 6.10. The summed E-state index contributed by atoms with van der Waals surface area (Å²) in [6.07, 6.45) is -0.166. The fourth-order valence-electron chi connectivity index (χ4n) is 2.81. The number of rotatable bonds is 7. The second kappa shape index (κ2) is 7.92. The Bertz CT molecular complexity index is 769. The predicted molar refractivity (Wildman–Crippen MR) is 90.5 cm³/mol. The number of carboxylic acid groups (broad SMARTS) is 1. The number of nitrogens with zero attached hydrogens (tertiary/aromatic N) is 2. The standard InChI is InChI=1S/C18H22FN3O3/c1-11-16(12(2)22(3)21-11)10-20-17(23)8-14(9-18(24)25)13-4-6-15(19)7-5-13/h4-7,14H,8-10H2,1-3H3,(H,20,23)(H,24,25). The molecule has 0 radical (unpaired) electrons. The summed E-state index contributed by atoms with van der Waals surface area (Å²) in [6.45, 7) is 4.14. The minimum Gasteiger partial charge on any atom is -0.481 e. The first-order valence-electron chi connectivity index (χ1n) is 8.01. The molecular formula is C18H22FN3O3. The fraction of sp³-hybridized carbons (Fsp3) is 0.389. The number of nitrogens with one attached hydrogen (secondary N) is 1. The normalized spacial score (nSPS) is 12.0. The molecule has 0 saturated heterocycles. The van der Waals surface area contributed by atoms with Gasteiger partial charge in [0.2, 0.25) is 5.91 Å². The molecule has 134 valence electrons. The van der Waals surface area contributed by atoms with Crippen LogP contribution in [0.15, 0.2) is 24.3 Å². The van der Waals surface area contributed by atoms with Gasteiger partial charge in [-0.05, 0) is 31.5 Å². The zero-order valence-electron chi connectivity index (χ0n) is 14.5. The van der Waals surface area contributed by atoms with E-state index in [1.54, 1.807) is 4.68 Å². The van der Waals surface area contributed by atoms with Gasteiger partial charge >= 0.3 is 5.97 Å². The maximum absolute atomic E-state index is 13.1. The molecule has 1 aromatic carbocycles. The highest BCUT2D eigenvalue weighted by Crippen LogP contribution is 2.24. The lowest BCUT2D eigenvalue weighted by Crippen LogP contribution is -2.26. The quantitative estimate of drug-likeness (QED) is 0.806. The van der Waals surface area contributed by atoms with Crippen LogP contribution in [0, 0.1) is 19.7 Å². The van der Waals surface area contributed by atoms with Crippen molar-refractivity contribution in [2.24, 2.45) is 7.05 Å². The Hall–Kier alpha value is -2.70. The third-order valence-corrected chi connectivity index (χ3v) is 4.32. The van der Waals surface area contributed by atoms with Crippen LogP contribution in [0.5, 0.6) is 0 Å². The van der Waals surface area contributed by atoms with Gasteiger partial charge in [0.1, 0.15) is 5.82 Å². The zero-order chi connectivity index (χ0) is 18.6. The van der Waals surface area contributed by atoms with E-state index < -0.39 is 17.7 Å². The SMILES string of the molecule is Cc1nn(C)c(C)c1CNC(=O)CC(CC(=O)O)c1ccc(F)cc1. The van der Waals surface area contributed by atoms with Crippen LogP contribution in [0.2, 0.25) is 0 Å². The van der Waals surface area contributed by atoms with Gasteiger partial charge in [-0.25, -0.2) is 4.39 Å². The smallest absolute Gasteiger partial charge is 0.303 e. The zero-order valence-corrected chi connectivity index (χ0v) is 14.5. The third kappa shape index (κ3) is 4.89. The number of hydrogen-bond acceptors (Lipinski definition) is 3. The Balaban J connectivity index is 2.04. The van der Waals surface area contributed by atoms with E-state index in [1.807, 2.05) is 20.9 Å². The molecule has 1 unspecified atom stereocenters. The highest BCUT2D eigenvalue weighted by Gasteiger charge is 2.20. The summed E-state index contributed by atoms with van der Waals surface area (Å²) >= 11 is 0. The lowest BCUT2D eigenvalue weighted by atomic mass is 9.92. The van der Waals surface area contributed by atoms with E-state index in [-0.39, 0.29) is 18.7 Å². The molecule has 1 atom stereocenters. The number of aryl methyl sites for hydroxylation is 2. The Morgan fingerprint density at radius 1 is 1.24 bits per heavy atom. The van der Waals surface area contributed by atoms with E-state index in [9.17, 15) is 14.0 Å². The minimum atomic E-state index is -0.999. The Labute approximate surface area is 145 Å². The number of hydrogen-bond donors (Lipinski definition) is 2. The summed E-state index contributed by atoms with van der Waals surface area (Å²) < 4.78 is 14.8. The molecule has 1 aromatic heterocycles. The van der Waals surface area contributed by atoms with Crippen molar-refractivity contribution in [2.75, 3.05) is 0 Å². The summed E-state index contributed by atoms with van der Waals surface area (Å²) in [4.78, 5) is 23.4. The summed E-state index contributed by atoms with van der Waals surface area (Å²) in [6, 6.07) is 5.58. The van der Waals surface area contributed by atoms with Crippen LogP contribution in [0.1, 0.15) is 41.3 Å².